The third-order valence-electron chi connectivity index (χ3n) is 5.90. The lowest BCUT2D eigenvalue weighted by molar-refractivity contribution is -0.168. The van der Waals surface area contributed by atoms with Gasteiger partial charge in [0.2, 0.25) is 0 Å². The predicted octanol–water partition coefficient (Wildman–Crippen LogP) is 1.35. The van der Waals surface area contributed by atoms with Gasteiger partial charge in [0.05, 0.1) is 25.6 Å². The Morgan fingerprint density at radius 2 is 1.91 bits per heavy atom. The highest BCUT2D eigenvalue weighted by molar-refractivity contribution is 5.75. The van der Waals surface area contributed by atoms with Crippen molar-refractivity contribution in [1.82, 2.24) is 14.6 Å². The maximum absolute atomic E-state index is 12.8. The van der Waals surface area contributed by atoms with Crippen molar-refractivity contribution < 1.29 is 38.1 Å². The summed E-state index contributed by atoms with van der Waals surface area (Å²) in [6.45, 7) is 4.96. The van der Waals surface area contributed by atoms with E-state index >= 15 is 0 Å². The number of nitrogens with two attached hydrogens (primary N) is 1. The summed E-state index contributed by atoms with van der Waals surface area (Å²) in [7, 11) is 1.17. The number of carbonyl (C=O) groups is 3. The molecule has 178 valence electrons. The Bertz CT molecular complexity index is 1100. The highest BCUT2D eigenvalue weighted by atomic mass is 16.7. The van der Waals surface area contributed by atoms with Gasteiger partial charge in [0.1, 0.15) is 30.2 Å². The van der Waals surface area contributed by atoms with Crippen LogP contribution in [0.25, 0.3) is 5.52 Å². The second-order valence-corrected chi connectivity index (χ2v) is 9.07. The van der Waals surface area contributed by atoms with Crippen molar-refractivity contribution in [3.63, 3.8) is 0 Å². The van der Waals surface area contributed by atoms with Crippen LogP contribution in [0.3, 0.4) is 0 Å². The van der Waals surface area contributed by atoms with E-state index in [9.17, 15) is 14.4 Å². The molecule has 0 aliphatic carbocycles. The van der Waals surface area contributed by atoms with Crippen LogP contribution in [0.4, 0.5) is 10.6 Å². The number of anilines is 1. The molecular weight excluding hydrogens is 436 g/mol. The fourth-order valence-corrected chi connectivity index (χ4v) is 4.37. The van der Waals surface area contributed by atoms with Gasteiger partial charge in [-0.1, -0.05) is 13.8 Å². The molecule has 33 heavy (non-hydrogen) atoms. The molecule has 0 saturated carbocycles. The van der Waals surface area contributed by atoms with Crippen LogP contribution in [0.5, 0.6) is 0 Å². The summed E-state index contributed by atoms with van der Waals surface area (Å²) in [4.78, 5) is 41.1. The fraction of sp³-hybridized carbons (Fsp3) is 0.571. The van der Waals surface area contributed by atoms with Gasteiger partial charge in [-0.2, -0.15) is 5.10 Å². The quantitative estimate of drug-likeness (QED) is 0.519. The smallest absolute Gasteiger partial charge is 0.455 e. The Labute approximate surface area is 189 Å². The molecule has 2 fully saturated rings. The average Bonchev–Trinajstić information content (AvgIpc) is 3.28. The SMILES string of the molecule is COC(=O)OC[C@H]1O[C@@](C)(c2ccc3c(N)ncnn23)[C@@H]2OC(=O)CC(C)(C)CC(=O)O[C@@H]21. The summed E-state index contributed by atoms with van der Waals surface area (Å²) in [6, 6.07) is 3.42. The van der Waals surface area contributed by atoms with Gasteiger partial charge < -0.3 is 29.4 Å². The molecule has 0 bridgehead atoms. The number of hydrogen-bond donors (Lipinski definition) is 1. The predicted molar refractivity (Wildman–Crippen MR) is 111 cm³/mol. The number of nitrogen functional groups attached to an aromatic ring is 1. The van der Waals surface area contributed by atoms with Gasteiger partial charge in [0.15, 0.2) is 18.0 Å². The van der Waals surface area contributed by atoms with Gasteiger partial charge in [-0.25, -0.2) is 14.3 Å². The van der Waals surface area contributed by atoms with Crippen molar-refractivity contribution in [3.8, 4) is 0 Å². The molecule has 0 amide bonds. The van der Waals surface area contributed by atoms with Gasteiger partial charge in [-0.3, -0.25) is 9.59 Å². The topological polar surface area (TPSA) is 154 Å². The van der Waals surface area contributed by atoms with Crippen molar-refractivity contribution in [2.75, 3.05) is 19.5 Å². The van der Waals surface area contributed by atoms with Crippen molar-refractivity contribution in [3.05, 3.63) is 24.2 Å². The molecule has 2 aromatic heterocycles. The van der Waals surface area contributed by atoms with E-state index < -0.39 is 47.4 Å². The standard InChI is InChI=1S/C21H26N4O8/c1-20(2)7-14(26)31-16-12(9-30-19(28)29-4)33-21(3,17(16)32-15(27)8-20)13-6-5-11-18(22)23-10-24-25(11)13/h5-6,10,12,16-17H,7-9H2,1-4H3,(H2,22,23,24)/t12-,16-,17-,21+/m1/s1. The Morgan fingerprint density at radius 3 is 2.61 bits per heavy atom. The lowest BCUT2D eigenvalue weighted by Crippen LogP contribution is -2.45. The third kappa shape index (κ3) is 4.17. The zero-order valence-corrected chi connectivity index (χ0v) is 18.8. The first kappa shape index (κ1) is 22.8. The van der Waals surface area contributed by atoms with E-state index in [4.69, 9.17) is 24.7 Å². The lowest BCUT2D eigenvalue weighted by atomic mass is 9.86. The molecule has 4 rings (SSSR count). The largest absolute Gasteiger partial charge is 0.508 e. The highest BCUT2D eigenvalue weighted by Crippen LogP contribution is 2.45. The molecule has 4 heterocycles. The van der Waals surface area contributed by atoms with E-state index in [0.29, 0.717) is 11.2 Å². The summed E-state index contributed by atoms with van der Waals surface area (Å²) in [5.41, 5.74) is 4.99. The number of carbonyl (C=O) groups excluding carboxylic acids is 3. The second-order valence-electron chi connectivity index (χ2n) is 9.07. The zero-order chi connectivity index (χ0) is 24.0. The van der Waals surface area contributed by atoms with E-state index in [-0.39, 0.29) is 25.3 Å². The first-order valence-electron chi connectivity index (χ1n) is 10.4. The van der Waals surface area contributed by atoms with Crippen LogP contribution in [-0.2, 0) is 38.9 Å². The van der Waals surface area contributed by atoms with Crippen molar-refractivity contribution in [2.24, 2.45) is 5.41 Å². The number of rotatable bonds is 3. The molecule has 4 atom stereocenters. The van der Waals surface area contributed by atoms with Crippen LogP contribution in [-0.4, -0.2) is 64.7 Å². The van der Waals surface area contributed by atoms with Crippen molar-refractivity contribution >= 4 is 29.4 Å². The summed E-state index contributed by atoms with van der Waals surface area (Å²) in [5.74, 6) is -0.775. The minimum atomic E-state index is -1.33. The molecule has 2 saturated heterocycles. The second kappa shape index (κ2) is 8.18. The van der Waals surface area contributed by atoms with Crippen molar-refractivity contribution in [1.29, 1.82) is 0 Å². The normalized spacial score (nSPS) is 29.3. The number of ether oxygens (including phenoxy) is 5. The summed E-state index contributed by atoms with van der Waals surface area (Å²) >= 11 is 0. The Morgan fingerprint density at radius 1 is 1.21 bits per heavy atom. The fourth-order valence-electron chi connectivity index (χ4n) is 4.37. The molecule has 0 spiro atoms. The molecule has 2 aliphatic rings. The molecule has 2 aliphatic heterocycles. The number of esters is 2. The van der Waals surface area contributed by atoms with Crippen LogP contribution < -0.4 is 5.73 Å². The van der Waals surface area contributed by atoms with E-state index in [0.717, 1.165) is 0 Å². The number of methoxy groups -OCH3 is 1. The number of fused-ring (bicyclic) bond motifs is 2. The maximum atomic E-state index is 12.8. The van der Waals surface area contributed by atoms with Gasteiger partial charge in [0, 0.05) is 0 Å². The van der Waals surface area contributed by atoms with Gasteiger partial charge >= 0.3 is 18.1 Å². The van der Waals surface area contributed by atoms with Crippen LogP contribution >= 0.6 is 0 Å². The molecule has 0 unspecified atom stereocenters. The van der Waals surface area contributed by atoms with E-state index in [2.05, 4.69) is 14.8 Å². The zero-order valence-electron chi connectivity index (χ0n) is 18.8. The lowest BCUT2D eigenvalue weighted by Gasteiger charge is -2.31. The Hall–Kier alpha value is -3.41. The minimum absolute atomic E-state index is 0.00439. The third-order valence-corrected chi connectivity index (χ3v) is 5.90. The molecule has 0 radical (unpaired) electrons. The summed E-state index contributed by atoms with van der Waals surface area (Å²) in [6.07, 6.45) is -2.67. The van der Waals surface area contributed by atoms with Crippen molar-refractivity contribution in [2.45, 2.75) is 57.5 Å². The molecule has 2 aromatic rings. The number of hydrogen-bond acceptors (Lipinski definition) is 11. The maximum Gasteiger partial charge on any atom is 0.508 e. The van der Waals surface area contributed by atoms with E-state index in [1.807, 2.05) is 0 Å². The molecule has 12 nitrogen and oxygen atoms in total. The minimum Gasteiger partial charge on any atom is -0.455 e. The molecule has 2 N–H and O–H groups in total. The van der Waals surface area contributed by atoms with Crippen LogP contribution in [0, 0.1) is 5.41 Å². The molecular formula is C21H26N4O8. The number of nitrogens with zero attached hydrogens (tertiary/aromatic N) is 3. The van der Waals surface area contributed by atoms with Crippen LogP contribution in [0.2, 0.25) is 0 Å². The summed E-state index contributed by atoms with van der Waals surface area (Å²) in [5, 5.41) is 4.25. The first-order valence-corrected chi connectivity index (χ1v) is 10.4. The Balaban J connectivity index is 1.79. The van der Waals surface area contributed by atoms with Crippen LogP contribution in [0.1, 0.15) is 39.3 Å². The van der Waals surface area contributed by atoms with E-state index in [1.165, 1.54) is 18.0 Å². The van der Waals surface area contributed by atoms with E-state index in [1.54, 1.807) is 32.9 Å². The van der Waals surface area contributed by atoms with Gasteiger partial charge in [-0.05, 0) is 24.5 Å². The molecule has 12 heteroatoms. The number of aromatic nitrogens is 3. The van der Waals surface area contributed by atoms with Gasteiger partial charge in [-0.15, -0.1) is 0 Å². The van der Waals surface area contributed by atoms with Crippen LogP contribution in [0.15, 0.2) is 18.5 Å². The van der Waals surface area contributed by atoms with Gasteiger partial charge in [0.25, 0.3) is 0 Å². The monoisotopic (exact) mass is 462 g/mol. The first-order chi connectivity index (χ1) is 15.5. The molecule has 0 aromatic carbocycles. The Kier molecular flexibility index (Phi) is 5.64. The summed E-state index contributed by atoms with van der Waals surface area (Å²) < 4.78 is 29.0. The highest BCUT2D eigenvalue weighted by Gasteiger charge is 2.60. The average molecular weight is 462 g/mol.